The Balaban J connectivity index is 2.80. The summed E-state index contributed by atoms with van der Waals surface area (Å²) in [5, 5.41) is 11.6. The van der Waals surface area contributed by atoms with Crippen molar-refractivity contribution in [2.45, 2.75) is 19.4 Å². The van der Waals surface area contributed by atoms with Crippen LogP contribution in [0.2, 0.25) is 0 Å². The topological polar surface area (TPSA) is 49.3 Å². The summed E-state index contributed by atoms with van der Waals surface area (Å²) < 4.78 is 13.2. The van der Waals surface area contributed by atoms with Crippen molar-refractivity contribution in [3.8, 4) is 0 Å². The summed E-state index contributed by atoms with van der Waals surface area (Å²) in [6.07, 6.45) is 0.640. The van der Waals surface area contributed by atoms with Crippen LogP contribution in [0.15, 0.2) is 22.7 Å². The van der Waals surface area contributed by atoms with Crippen LogP contribution in [0.3, 0.4) is 0 Å². The minimum absolute atomic E-state index is 0.110. The van der Waals surface area contributed by atoms with E-state index < -0.39 is 5.82 Å². The van der Waals surface area contributed by atoms with Crippen molar-refractivity contribution in [1.82, 2.24) is 5.32 Å². The molecular weight excluding hydrogens is 277 g/mol. The van der Waals surface area contributed by atoms with Crippen molar-refractivity contribution in [3.05, 3.63) is 34.1 Å². The number of hydrogen-bond donors (Lipinski definition) is 2. The van der Waals surface area contributed by atoms with Gasteiger partial charge in [0.05, 0.1) is 18.2 Å². The Morgan fingerprint density at radius 3 is 2.81 bits per heavy atom. The van der Waals surface area contributed by atoms with Crippen LogP contribution in [0.5, 0.6) is 0 Å². The molecule has 0 spiro atoms. The highest BCUT2D eigenvalue weighted by molar-refractivity contribution is 9.10. The van der Waals surface area contributed by atoms with Gasteiger partial charge in [0, 0.05) is 4.47 Å². The van der Waals surface area contributed by atoms with Crippen molar-refractivity contribution < 1.29 is 14.3 Å². The lowest BCUT2D eigenvalue weighted by Crippen LogP contribution is -2.37. The first-order chi connectivity index (χ1) is 7.58. The van der Waals surface area contributed by atoms with Crippen LogP contribution < -0.4 is 5.32 Å². The highest BCUT2D eigenvalue weighted by atomic mass is 79.9. The van der Waals surface area contributed by atoms with Gasteiger partial charge in [-0.1, -0.05) is 6.92 Å². The summed E-state index contributed by atoms with van der Waals surface area (Å²) in [6, 6.07) is 3.58. The molecular formula is C11H13BrFNO2. The molecule has 0 fully saturated rings. The quantitative estimate of drug-likeness (QED) is 0.892. The molecule has 16 heavy (non-hydrogen) atoms. The Bertz CT molecular complexity index is 380. The van der Waals surface area contributed by atoms with Gasteiger partial charge in [-0.2, -0.15) is 0 Å². The van der Waals surface area contributed by atoms with E-state index in [1.807, 2.05) is 6.92 Å². The number of benzene rings is 1. The highest BCUT2D eigenvalue weighted by Gasteiger charge is 2.14. The Morgan fingerprint density at radius 1 is 1.62 bits per heavy atom. The zero-order chi connectivity index (χ0) is 12.1. The van der Waals surface area contributed by atoms with Crippen molar-refractivity contribution in [1.29, 1.82) is 0 Å². The molecule has 0 radical (unpaired) electrons. The number of amides is 1. The Hall–Kier alpha value is -0.940. The summed E-state index contributed by atoms with van der Waals surface area (Å²) in [7, 11) is 0. The fourth-order valence-corrected chi connectivity index (χ4v) is 1.74. The van der Waals surface area contributed by atoms with Crippen molar-refractivity contribution in [3.63, 3.8) is 0 Å². The van der Waals surface area contributed by atoms with Gasteiger partial charge in [0.2, 0.25) is 0 Å². The lowest BCUT2D eigenvalue weighted by atomic mass is 10.1. The highest BCUT2D eigenvalue weighted by Crippen LogP contribution is 2.18. The second-order valence-corrected chi connectivity index (χ2v) is 4.24. The third kappa shape index (κ3) is 3.28. The summed E-state index contributed by atoms with van der Waals surface area (Å²) in [5.74, 6) is -0.731. The number of halogens is 2. The molecule has 0 saturated heterocycles. The van der Waals surface area contributed by atoms with E-state index in [2.05, 4.69) is 21.2 Å². The monoisotopic (exact) mass is 289 g/mol. The molecule has 0 aliphatic carbocycles. The second-order valence-electron chi connectivity index (χ2n) is 3.39. The SMILES string of the molecule is CC[C@H](CO)NC(=O)c1ccc(F)cc1Br. The van der Waals surface area contributed by atoms with Crippen LogP contribution in [0.4, 0.5) is 4.39 Å². The third-order valence-electron chi connectivity index (χ3n) is 2.22. The smallest absolute Gasteiger partial charge is 0.252 e. The molecule has 1 atom stereocenters. The third-order valence-corrected chi connectivity index (χ3v) is 2.88. The molecule has 88 valence electrons. The number of carbonyl (C=O) groups is 1. The van der Waals surface area contributed by atoms with Crippen LogP contribution in [0.1, 0.15) is 23.7 Å². The molecule has 1 aromatic rings. The van der Waals surface area contributed by atoms with Crippen LogP contribution in [0, 0.1) is 5.82 Å². The van der Waals surface area contributed by atoms with Gasteiger partial charge >= 0.3 is 0 Å². The van der Waals surface area contributed by atoms with Crippen LogP contribution in [-0.4, -0.2) is 23.7 Å². The van der Waals surface area contributed by atoms with E-state index >= 15 is 0 Å². The fourth-order valence-electron chi connectivity index (χ4n) is 1.21. The van der Waals surface area contributed by atoms with Crippen molar-refractivity contribution in [2.24, 2.45) is 0 Å². The van der Waals surface area contributed by atoms with E-state index in [4.69, 9.17) is 5.11 Å². The average molecular weight is 290 g/mol. The molecule has 2 N–H and O–H groups in total. The molecule has 0 aromatic heterocycles. The van der Waals surface area contributed by atoms with E-state index in [0.29, 0.717) is 16.5 Å². The standard InChI is InChI=1S/C11H13BrFNO2/c1-2-8(6-15)14-11(16)9-4-3-7(13)5-10(9)12/h3-5,8,15H,2,6H2,1H3,(H,14,16)/t8-/m1/s1. The predicted octanol–water partition coefficient (Wildman–Crippen LogP) is 2.09. The largest absolute Gasteiger partial charge is 0.394 e. The van der Waals surface area contributed by atoms with Crippen LogP contribution in [-0.2, 0) is 0 Å². The number of rotatable bonds is 4. The van der Waals surface area contributed by atoms with Gasteiger partial charge in [-0.15, -0.1) is 0 Å². The molecule has 0 heterocycles. The zero-order valence-corrected chi connectivity index (χ0v) is 10.4. The molecule has 1 amide bonds. The van der Waals surface area contributed by atoms with E-state index in [-0.39, 0.29) is 18.6 Å². The zero-order valence-electron chi connectivity index (χ0n) is 8.84. The number of hydrogen-bond acceptors (Lipinski definition) is 2. The van der Waals surface area contributed by atoms with Gasteiger partial charge < -0.3 is 10.4 Å². The predicted molar refractivity (Wildman–Crippen MR) is 62.7 cm³/mol. The Kier molecular flexibility index (Phi) is 4.89. The first-order valence-corrected chi connectivity index (χ1v) is 5.74. The molecule has 3 nitrogen and oxygen atoms in total. The van der Waals surface area contributed by atoms with Gasteiger partial charge in [0.1, 0.15) is 5.82 Å². The lowest BCUT2D eigenvalue weighted by Gasteiger charge is -2.14. The molecule has 0 unspecified atom stereocenters. The van der Waals surface area contributed by atoms with Crippen molar-refractivity contribution in [2.75, 3.05) is 6.61 Å². The van der Waals surface area contributed by atoms with Crippen LogP contribution >= 0.6 is 15.9 Å². The van der Waals surface area contributed by atoms with E-state index in [9.17, 15) is 9.18 Å². The Labute approximate surface area is 102 Å². The Morgan fingerprint density at radius 2 is 2.31 bits per heavy atom. The molecule has 0 saturated carbocycles. The number of carbonyl (C=O) groups excluding carboxylic acids is 1. The number of aliphatic hydroxyl groups excluding tert-OH is 1. The minimum Gasteiger partial charge on any atom is -0.394 e. The summed E-state index contributed by atoms with van der Waals surface area (Å²) in [6.45, 7) is 1.75. The molecule has 0 aliphatic rings. The second kappa shape index (κ2) is 5.96. The average Bonchev–Trinajstić information content (AvgIpc) is 2.25. The summed E-state index contributed by atoms with van der Waals surface area (Å²) >= 11 is 3.12. The van der Waals surface area contributed by atoms with Gasteiger partial charge in [0.25, 0.3) is 5.91 Å². The summed E-state index contributed by atoms with van der Waals surface area (Å²) in [4.78, 5) is 11.7. The maximum Gasteiger partial charge on any atom is 0.252 e. The molecule has 0 aliphatic heterocycles. The lowest BCUT2D eigenvalue weighted by molar-refractivity contribution is 0.0914. The van der Waals surface area contributed by atoms with E-state index in [0.717, 1.165) is 0 Å². The summed E-state index contributed by atoms with van der Waals surface area (Å²) in [5.41, 5.74) is 0.355. The van der Waals surface area contributed by atoms with Gasteiger partial charge in [0.15, 0.2) is 0 Å². The number of aliphatic hydroxyl groups is 1. The van der Waals surface area contributed by atoms with Crippen LogP contribution in [0.25, 0.3) is 0 Å². The maximum atomic E-state index is 12.8. The molecule has 1 aromatic carbocycles. The van der Waals surface area contributed by atoms with E-state index in [1.165, 1.54) is 18.2 Å². The van der Waals surface area contributed by atoms with Gasteiger partial charge in [-0.05, 0) is 40.5 Å². The first-order valence-electron chi connectivity index (χ1n) is 4.95. The van der Waals surface area contributed by atoms with E-state index in [1.54, 1.807) is 0 Å². The minimum atomic E-state index is -0.405. The van der Waals surface area contributed by atoms with Gasteiger partial charge in [-0.3, -0.25) is 4.79 Å². The van der Waals surface area contributed by atoms with Crippen molar-refractivity contribution >= 4 is 21.8 Å². The molecule has 1 rings (SSSR count). The first kappa shape index (κ1) is 13.1. The number of nitrogens with one attached hydrogen (secondary N) is 1. The molecule has 0 bridgehead atoms. The fraction of sp³-hybridized carbons (Fsp3) is 0.364. The molecule has 5 heteroatoms. The van der Waals surface area contributed by atoms with Gasteiger partial charge in [-0.25, -0.2) is 4.39 Å². The maximum absolute atomic E-state index is 12.8. The normalized spacial score (nSPS) is 12.2.